The first-order chi connectivity index (χ1) is 8.61. The Bertz CT molecular complexity index is 602. The van der Waals surface area contributed by atoms with Gasteiger partial charge in [0.05, 0.1) is 9.26 Å². The second-order valence-electron chi connectivity index (χ2n) is 4.29. The van der Waals surface area contributed by atoms with Crippen molar-refractivity contribution in [3.8, 4) is 11.4 Å². The average molecular weight is 354 g/mol. The lowest BCUT2D eigenvalue weighted by atomic mass is 10.1. The Hall–Kier alpha value is -1.17. The van der Waals surface area contributed by atoms with E-state index in [1.165, 1.54) is 5.56 Å². The first-order valence-electron chi connectivity index (χ1n) is 5.97. The molecule has 0 fully saturated rings. The fourth-order valence-electron chi connectivity index (χ4n) is 1.76. The van der Waals surface area contributed by atoms with Gasteiger partial charge in [0.1, 0.15) is 5.82 Å². The van der Waals surface area contributed by atoms with Crippen molar-refractivity contribution in [3.63, 3.8) is 0 Å². The second kappa shape index (κ2) is 5.65. The highest BCUT2D eigenvalue weighted by atomic mass is 127. The largest absolute Gasteiger partial charge is 0.306 e. The summed E-state index contributed by atoms with van der Waals surface area (Å²) in [6, 6.07) is 8.01. The molecule has 0 radical (unpaired) electrons. The van der Waals surface area contributed by atoms with Gasteiger partial charge in [0.25, 0.3) is 5.56 Å². The second-order valence-corrected chi connectivity index (χ2v) is 5.37. The lowest BCUT2D eigenvalue weighted by molar-refractivity contribution is 0.860. The highest BCUT2D eigenvalue weighted by molar-refractivity contribution is 14.1. The number of halogens is 1. The van der Waals surface area contributed by atoms with Crippen LogP contribution in [-0.4, -0.2) is 9.97 Å². The van der Waals surface area contributed by atoms with E-state index in [0.29, 0.717) is 9.39 Å². The standard InChI is InChI=1S/C14H15IN2O/c1-3-4-11-12(15)14(18)17-13(16-11)10-7-5-9(2)6-8-10/h5-8H,3-4H2,1-2H3,(H,16,17,18). The van der Waals surface area contributed by atoms with Gasteiger partial charge in [-0.2, -0.15) is 0 Å². The number of hydrogen-bond acceptors (Lipinski definition) is 2. The molecule has 0 aliphatic carbocycles. The summed E-state index contributed by atoms with van der Waals surface area (Å²) >= 11 is 2.06. The van der Waals surface area contributed by atoms with Gasteiger partial charge in [-0.15, -0.1) is 0 Å². The van der Waals surface area contributed by atoms with Crippen molar-refractivity contribution >= 4 is 22.6 Å². The lowest BCUT2D eigenvalue weighted by Gasteiger charge is -2.06. The molecule has 1 heterocycles. The van der Waals surface area contributed by atoms with Crippen LogP contribution in [-0.2, 0) is 6.42 Å². The van der Waals surface area contributed by atoms with Crippen molar-refractivity contribution in [2.75, 3.05) is 0 Å². The highest BCUT2D eigenvalue weighted by Crippen LogP contribution is 2.16. The first-order valence-corrected chi connectivity index (χ1v) is 7.05. The molecule has 0 atom stereocenters. The van der Waals surface area contributed by atoms with Crippen LogP contribution in [0, 0.1) is 10.5 Å². The van der Waals surface area contributed by atoms with Crippen LogP contribution in [0.1, 0.15) is 24.6 Å². The number of H-pyrrole nitrogens is 1. The molecule has 2 rings (SSSR count). The molecule has 1 aromatic carbocycles. The summed E-state index contributed by atoms with van der Waals surface area (Å²) in [4.78, 5) is 19.3. The van der Waals surface area contributed by atoms with Gasteiger partial charge >= 0.3 is 0 Å². The zero-order valence-corrected chi connectivity index (χ0v) is 12.6. The lowest BCUT2D eigenvalue weighted by Crippen LogP contribution is -2.16. The number of aromatic amines is 1. The van der Waals surface area contributed by atoms with E-state index in [0.717, 1.165) is 24.1 Å². The highest BCUT2D eigenvalue weighted by Gasteiger charge is 2.09. The molecule has 1 aromatic heterocycles. The van der Waals surface area contributed by atoms with Crippen LogP contribution in [0.15, 0.2) is 29.1 Å². The Balaban J connectivity index is 2.51. The molecule has 0 unspecified atom stereocenters. The number of nitrogens with zero attached hydrogens (tertiary/aromatic N) is 1. The van der Waals surface area contributed by atoms with E-state index < -0.39 is 0 Å². The molecule has 0 spiro atoms. The number of aromatic nitrogens is 2. The Labute approximate surface area is 120 Å². The van der Waals surface area contributed by atoms with Crippen molar-refractivity contribution in [1.29, 1.82) is 0 Å². The van der Waals surface area contributed by atoms with E-state index in [4.69, 9.17) is 0 Å². The number of hydrogen-bond donors (Lipinski definition) is 1. The van der Waals surface area contributed by atoms with Gasteiger partial charge in [-0.1, -0.05) is 43.2 Å². The molecule has 3 nitrogen and oxygen atoms in total. The Morgan fingerprint density at radius 1 is 1.28 bits per heavy atom. The van der Waals surface area contributed by atoms with E-state index in [1.807, 2.05) is 31.2 Å². The van der Waals surface area contributed by atoms with Crippen molar-refractivity contribution in [2.45, 2.75) is 26.7 Å². The quantitative estimate of drug-likeness (QED) is 0.860. The molecule has 18 heavy (non-hydrogen) atoms. The predicted molar refractivity (Wildman–Crippen MR) is 81.7 cm³/mol. The van der Waals surface area contributed by atoms with E-state index in [-0.39, 0.29) is 5.56 Å². The van der Waals surface area contributed by atoms with Crippen LogP contribution in [0.25, 0.3) is 11.4 Å². The van der Waals surface area contributed by atoms with E-state index in [2.05, 4.69) is 39.5 Å². The summed E-state index contributed by atoms with van der Waals surface area (Å²) in [6.45, 7) is 4.13. The Morgan fingerprint density at radius 2 is 1.94 bits per heavy atom. The monoisotopic (exact) mass is 354 g/mol. The Kier molecular flexibility index (Phi) is 4.16. The fourth-order valence-corrected chi connectivity index (χ4v) is 2.28. The molecule has 0 saturated heterocycles. The third-order valence-corrected chi connectivity index (χ3v) is 3.86. The molecule has 94 valence electrons. The summed E-state index contributed by atoms with van der Waals surface area (Å²) in [6.07, 6.45) is 1.82. The minimum Gasteiger partial charge on any atom is -0.306 e. The topological polar surface area (TPSA) is 45.8 Å². The zero-order valence-electron chi connectivity index (χ0n) is 10.5. The van der Waals surface area contributed by atoms with Crippen molar-refractivity contribution in [3.05, 3.63) is 49.4 Å². The molecule has 2 aromatic rings. The average Bonchev–Trinajstić information content (AvgIpc) is 2.36. The summed E-state index contributed by atoms with van der Waals surface area (Å²) in [5.41, 5.74) is 2.98. The molecule has 0 amide bonds. The van der Waals surface area contributed by atoms with Gasteiger partial charge in [-0.25, -0.2) is 4.98 Å². The minimum absolute atomic E-state index is 0.0513. The first kappa shape index (κ1) is 13.3. The molecule has 0 bridgehead atoms. The normalized spacial score (nSPS) is 10.6. The molecule has 0 saturated carbocycles. The van der Waals surface area contributed by atoms with Gasteiger partial charge in [0, 0.05) is 5.56 Å². The van der Waals surface area contributed by atoms with Gasteiger partial charge in [-0.05, 0) is 35.9 Å². The van der Waals surface area contributed by atoms with Gasteiger partial charge in [0.15, 0.2) is 0 Å². The van der Waals surface area contributed by atoms with Crippen LogP contribution < -0.4 is 5.56 Å². The molecule has 4 heteroatoms. The zero-order chi connectivity index (χ0) is 13.1. The number of nitrogens with one attached hydrogen (secondary N) is 1. The van der Waals surface area contributed by atoms with Crippen LogP contribution >= 0.6 is 22.6 Å². The number of benzene rings is 1. The van der Waals surface area contributed by atoms with Gasteiger partial charge < -0.3 is 4.98 Å². The van der Waals surface area contributed by atoms with Gasteiger partial charge in [0.2, 0.25) is 0 Å². The van der Waals surface area contributed by atoms with E-state index in [1.54, 1.807) is 0 Å². The summed E-state index contributed by atoms with van der Waals surface area (Å²) < 4.78 is 0.699. The van der Waals surface area contributed by atoms with E-state index in [9.17, 15) is 4.79 Å². The number of rotatable bonds is 3. The predicted octanol–water partition coefficient (Wildman–Crippen LogP) is 3.30. The van der Waals surface area contributed by atoms with E-state index >= 15 is 0 Å². The van der Waals surface area contributed by atoms with Crippen molar-refractivity contribution in [1.82, 2.24) is 9.97 Å². The Morgan fingerprint density at radius 3 is 2.56 bits per heavy atom. The molecular weight excluding hydrogens is 339 g/mol. The minimum atomic E-state index is -0.0513. The summed E-state index contributed by atoms with van der Waals surface area (Å²) in [5.74, 6) is 0.656. The maximum atomic E-state index is 11.9. The maximum Gasteiger partial charge on any atom is 0.264 e. The molecular formula is C14H15IN2O. The fraction of sp³-hybridized carbons (Fsp3) is 0.286. The molecule has 0 aliphatic heterocycles. The van der Waals surface area contributed by atoms with Gasteiger partial charge in [-0.3, -0.25) is 4.79 Å². The molecule has 1 N–H and O–H groups in total. The summed E-state index contributed by atoms with van der Waals surface area (Å²) in [7, 11) is 0. The maximum absolute atomic E-state index is 11.9. The van der Waals surface area contributed by atoms with Crippen LogP contribution in [0.2, 0.25) is 0 Å². The summed E-state index contributed by atoms with van der Waals surface area (Å²) in [5, 5.41) is 0. The SMILES string of the molecule is CCCc1nc(-c2ccc(C)cc2)[nH]c(=O)c1I. The van der Waals surface area contributed by atoms with Crippen LogP contribution in [0.5, 0.6) is 0 Å². The molecule has 0 aliphatic rings. The van der Waals surface area contributed by atoms with Crippen molar-refractivity contribution < 1.29 is 0 Å². The van der Waals surface area contributed by atoms with Crippen LogP contribution in [0.3, 0.4) is 0 Å². The van der Waals surface area contributed by atoms with Crippen LogP contribution in [0.4, 0.5) is 0 Å². The third-order valence-electron chi connectivity index (χ3n) is 2.74. The number of aryl methyl sites for hydroxylation is 2. The van der Waals surface area contributed by atoms with Crippen molar-refractivity contribution in [2.24, 2.45) is 0 Å². The third kappa shape index (κ3) is 2.80. The smallest absolute Gasteiger partial charge is 0.264 e.